The molecule has 0 saturated heterocycles. The van der Waals surface area contributed by atoms with Gasteiger partial charge in [-0.2, -0.15) is 0 Å². The summed E-state index contributed by atoms with van der Waals surface area (Å²) in [7, 11) is -9.96. The molecule has 5 unspecified atom stereocenters. The second-order valence-electron chi connectivity index (χ2n) is 28.7. The Morgan fingerprint density at radius 3 is 0.783 bits per heavy atom. The van der Waals surface area contributed by atoms with Crippen molar-refractivity contribution < 1.29 is 80.2 Å². The normalized spacial score (nSPS) is 14.2. The molecule has 616 valence electrons. The van der Waals surface area contributed by atoms with Crippen LogP contribution in [0.2, 0.25) is 0 Å². The van der Waals surface area contributed by atoms with Gasteiger partial charge in [-0.05, 0) is 122 Å². The van der Waals surface area contributed by atoms with E-state index in [1.807, 2.05) is 0 Å². The number of carbonyl (C=O) groups is 4. The Labute approximate surface area is 646 Å². The average molecular weight is 1540 g/mol. The number of ether oxygens (including phenoxy) is 4. The van der Waals surface area contributed by atoms with Crippen LogP contribution in [0.1, 0.15) is 387 Å². The van der Waals surface area contributed by atoms with Gasteiger partial charge in [0.25, 0.3) is 0 Å². The molecule has 0 aromatic carbocycles. The van der Waals surface area contributed by atoms with Crippen molar-refractivity contribution in [3.8, 4) is 0 Å². The molecule has 0 aliphatic rings. The molecule has 0 spiro atoms. The van der Waals surface area contributed by atoms with Crippen LogP contribution in [0.25, 0.3) is 0 Å². The minimum Gasteiger partial charge on any atom is -0.462 e. The van der Waals surface area contributed by atoms with Crippen molar-refractivity contribution >= 4 is 39.5 Å². The first kappa shape index (κ1) is 102. The standard InChI is InChI=1S/C87H156O17P2/c1-5-9-13-17-21-25-29-33-37-39-40-42-45-48-52-56-60-64-68-72-85(90)98-78-83(104-87(92)74-70-66-62-58-54-50-46-41-38-34-30-26-22-18-14-10-6-2)80-102-106(95,96)100-76-81(88)75-99-105(93,94)101-79-82(103-86(91)73-69-65-61-57-53-49-44-36-32-28-24-20-16-12-8-4)77-97-84(89)71-67-63-59-55-51-47-43-35-31-27-23-19-15-11-7-3/h10,14,21-22,25-26,33-35,37-38,40,42-43,81-83,88H,5-9,11-13,15-20,23-24,27-32,36,39,41,44-80H2,1-4H3,(H,93,94)(H,95,96)/b14-10-,25-21-,26-22-,37-33-,38-34-,42-40-,43-35-. The highest BCUT2D eigenvalue weighted by molar-refractivity contribution is 7.47. The summed E-state index contributed by atoms with van der Waals surface area (Å²) in [6.45, 7) is 4.79. The van der Waals surface area contributed by atoms with Crippen LogP contribution < -0.4 is 0 Å². The summed E-state index contributed by atoms with van der Waals surface area (Å²) in [6, 6.07) is 0. The second kappa shape index (κ2) is 79.3. The third-order valence-corrected chi connectivity index (χ3v) is 20.2. The highest BCUT2D eigenvalue weighted by atomic mass is 31.2. The van der Waals surface area contributed by atoms with E-state index in [0.717, 1.165) is 186 Å². The minimum absolute atomic E-state index is 0.0819. The molecule has 0 heterocycles. The van der Waals surface area contributed by atoms with E-state index in [2.05, 4.69) is 113 Å². The highest BCUT2D eigenvalue weighted by Gasteiger charge is 2.30. The smallest absolute Gasteiger partial charge is 0.462 e. The molecule has 0 aromatic heterocycles. The quantitative estimate of drug-likeness (QED) is 0.0169. The van der Waals surface area contributed by atoms with E-state index in [9.17, 15) is 43.2 Å². The summed E-state index contributed by atoms with van der Waals surface area (Å²) >= 11 is 0. The van der Waals surface area contributed by atoms with Gasteiger partial charge in [-0.25, -0.2) is 9.13 Å². The summed E-state index contributed by atoms with van der Waals surface area (Å²) in [6.07, 6.45) is 83.9. The van der Waals surface area contributed by atoms with Crippen molar-refractivity contribution in [1.82, 2.24) is 0 Å². The molecule has 0 fully saturated rings. The number of phosphoric acid groups is 2. The molecule has 106 heavy (non-hydrogen) atoms. The van der Waals surface area contributed by atoms with Gasteiger partial charge in [0.15, 0.2) is 12.2 Å². The largest absolute Gasteiger partial charge is 0.472 e. The number of aliphatic hydroxyl groups is 1. The zero-order valence-corrected chi connectivity index (χ0v) is 69.4. The molecule has 0 saturated carbocycles. The van der Waals surface area contributed by atoms with Gasteiger partial charge in [-0.3, -0.25) is 37.3 Å². The van der Waals surface area contributed by atoms with Gasteiger partial charge in [0.05, 0.1) is 26.4 Å². The molecule has 17 nitrogen and oxygen atoms in total. The molecule has 0 rings (SSSR count). The molecule has 0 aliphatic carbocycles. The Balaban J connectivity index is 5.36. The lowest BCUT2D eigenvalue weighted by Gasteiger charge is -2.21. The number of rotatable bonds is 81. The third kappa shape index (κ3) is 78.4. The van der Waals surface area contributed by atoms with Gasteiger partial charge >= 0.3 is 39.5 Å². The topological polar surface area (TPSA) is 237 Å². The highest BCUT2D eigenvalue weighted by Crippen LogP contribution is 2.45. The van der Waals surface area contributed by atoms with E-state index >= 15 is 0 Å². The molecule has 19 heteroatoms. The first-order valence-electron chi connectivity index (χ1n) is 42.8. The summed E-state index contributed by atoms with van der Waals surface area (Å²) < 4.78 is 68.8. The van der Waals surface area contributed by atoms with Gasteiger partial charge in [-0.1, -0.05) is 325 Å². The van der Waals surface area contributed by atoms with E-state index in [1.165, 1.54) is 122 Å². The van der Waals surface area contributed by atoms with Gasteiger partial charge in [0.1, 0.15) is 19.3 Å². The van der Waals surface area contributed by atoms with Crippen LogP contribution in [0.3, 0.4) is 0 Å². The monoisotopic (exact) mass is 1540 g/mol. The van der Waals surface area contributed by atoms with Crippen molar-refractivity contribution in [2.45, 2.75) is 406 Å². The lowest BCUT2D eigenvalue weighted by Crippen LogP contribution is -2.30. The van der Waals surface area contributed by atoms with Crippen LogP contribution in [0, 0.1) is 0 Å². The maximum atomic E-state index is 13.1. The van der Waals surface area contributed by atoms with Gasteiger partial charge in [0.2, 0.25) is 0 Å². The molecule has 3 N–H and O–H groups in total. The number of hydrogen-bond acceptors (Lipinski definition) is 15. The van der Waals surface area contributed by atoms with Gasteiger partial charge in [0, 0.05) is 25.7 Å². The summed E-state index contributed by atoms with van der Waals surface area (Å²) in [5, 5.41) is 10.7. The number of allylic oxidation sites excluding steroid dienone is 14. The number of unbranched alkanes of at least 4 members (excludes halogenated alkanes) is 41. The molecular weight excluding hydrogens is 1380 g/mol. The Hall–Kier alpha value is -3.76. The van der Waals surface area contributed by atoms with E-state index in [-0.39, 0.29) is 25.7 Å². The summed E-state index contributed by atoms with van der Waals surface area (Å²) in [4.78, 5) is 73.2. The number of phosphoric ester groups is 2. The van der Waals surface area contributed by atoms with Crippen LogP contribution in [0.5, 0.6) is 0 Å². The fraction of sp³-hybridized carbons (Fsp3) is 0.793. The van der Waals surface area contributed by atoms with Crippen molar-refractivity contribution in [1.29, 1.82) is 0 Å². The van der Waals surface area contributed by atoms with Crippen LogP contribution in [-0.2, 0) is 65.4 Å². The van der Waals surface area contributed by atoms with Crippen LogP contribution >= 0.6 is 15.6 Å². The maximum absolute atomic E-state index is 13.1. The van der Waals surface area contributed by atoms with E-state index < -0.39 is 97.5 Å². The zero-order chi connectivity index (χ0) is 77.4. The average Bonchev–Trinajstić information content (AvgIpc) is 0.907. The number of hydrogen-bond donors (Lipinski definition) is 3. The van der Waals surface area contributed by atoms with Crippen LogP contribution in [0.4, 0.5) is 0 Å². The van der Waals surface area contributed by atoms with Crippen LogP contribution in [-0.4, -0.2) is 96.7 Å². The summed E-state index contributed by atoms with van der Waals surface area (Å²) in [5.41, 5.74) is 0. The number of aliphatic hydroxyl groups excluding tert-OH is 1. The van der Waals surface area contributed by atoms with Crippen molar-refractivity contribution in [2.24, 2.45) is 0 Å². The summed E-state index contributed by atoms with van der Waals surface area (Å²) in [5.74, 6) is -2.18. The van der Waals surface area contributed by atoms with Gasteiger partial charge < -0.3 is 33.8 Å². The second-order valence-corrected chi connectivity index (χ2v) is 31.7. The Bertz CT molecular complexity index is 2330. The van der Waals surface area contributed by atoms with Crippen LogP contribution in [0.15, 0.2) is 85.1 Å². The molecular formula is C87H156O17P2. The third-order valence-electron chi connectivity index (χ3n) is 18.3. The Morgan fingerprint density at radius 1 is 0.274 bits per heavy atom. The number of esters is 4. The van der Waals surface area contributed by atoms with E-state index in [4.69, 9.17) is 37.0 Å². The lowest BCUT2D eigenvalue weighted by atomic mass is 10.0. The molecule has 5 atom stereocenters. The van der Waals surface area contributed by atoms with Crippen molar-refractivity contribution in [3.63, 3.8) is 0 Å². The Kier molecular flexibility index (Phi) is 76.5. The molecule has 0 bridgehead atoms. The first-order chi connectivity index (χ1) is 51.7. The minimum atomic E-state index is -4.98. The van der Waals surface area contributed by atoms with E-state index in [0.29, 0.717) is 25.7 Å². The zero-order valence-electron chi connectivity index (χ0n) is 67.6. The fourth-order valence-electron chi connectivity index (χ4n) is 11.8. The Morgan fingerprint density at radius 2 is 0.491 bits per heavy atom. The molecule has 0 aliphatic heterocycles. The predicted molar refractivity (Wildman–Crippen MR) is 436 cm³/mol. The fourth-order valence-corrected chi connectivity index (χ4v) is 13.4. The molecule has 0 aromatic rings. The number of carbonyl (C=O) groups excluding carboxylic acids is 4. The SMILES string of the molecule is CC/C=C\C/C=C\C/C=C\CCCCCCCCCC(=O)OC(COC(=O)CCCCCCCC/C=C\C/C=C\C/C=C\CCCCC)COP(=O)(O)OCC(O)COP(=O)(O)OCC(COC(=O)CCCCCCC/C=C\CCCCCCCC)OC(=O)CCCCCCCCCCCCCCCCC. The maximum Gasteiger partial charge on any atom is 0.472 e. The van der Waals surface area contributed by atoms with Crippen molar-refractivity contribution in [3.05, 3.63) is 85.1 Å². The van der Waals surface area contributed by atoms with Gasteiger partial charge in [-0.15, -0.1) is 0 Å². The van der Waals surface area contributed by atoms with E-state index in [1.54, 1.807) is 0 Å². The van der Waals surface area contributed by atoms with Crippen molar-refractivity contribution in [2.75, 3.05) is 39.6 Å². The predicted octanol–water partition coefficient (Wildman–Crippen LogP) is 25.3. The lowest BCUT2D eigenvalue weighted by molar-refractivity contribution is -0.161. The molecule has 0 radical (unpaired) electrons. The first-order valence-corrected chi connectivity index (χ1v) is 45.8. The molecule has 0 amide bonds.